The molecular formula is C14H28N2O. The number of rotatable bonds is 10. The van der Waals surface area contributed by atoms with Crippen LogP contribution in [0.3, 0.4) is 0 Å². The molecule has 1 N–H and O–H groups in total. The summed E-state index contributed by atoms with van der Waals surface area (Å²) in [6.45, 7) is 10.8. The number of hydrogen-bond acceptors (Lipinski definition) is 3. The van der Waals surface area contributed by atoms with E-state index < -0.39 is 5.54 Å². The van der Waals surface area contributed by atoms with Gasteiger partial charge in [-0.1, -0.05) is 27.2 Å². The highest BCUT2D eigenvalue weighted by atomic mass is 16.5. The van der Waals surface area contributed by atoms with Crippen LogP contribution in [0.5, 0.6) is 0 Å². The monoisotopic (exact) mass is 240 g/mol. The lowest BCUT2D eigenvalue weighted by Crippen LogP contribution is -2.40. The number of nitrogens with one attached hydrogen (secondary N) is 1. The smallest absolute Gasteiger partial charge is 0.104 e. The van der Waals surface area contributed by atoms with E-state index in [1.54, 1.807) is 0 Å². The normalized spacial score (nSPS) is 16.2. The summed E-state index contributed by atoms with van der Waals surface area (Å²) in [5, 5.41) is 12.3. The molecule has 3 heteroatoms. The summed E-state index contributed by atoms with van der Waals surface area (Å²) in [5.74, 6) is 0.649. The van der Waals surface area contributed by atoms with Crippen LogP contribution in [0.25, 0.3) is 0 Å². The molecule has 0 aliphatic carbocycles. The molecular weight excluding hydrogens is 212 g/mol. The van der Waals surface area contributed by atoms with E-state index in [2.05, 4.69) is 25.2 Å². The van der Waals surface area contributed by atoms with Crippen molar-refractivity contribution >= 4 is 0 Å². The molecule has 0 radical (unpaired) electrons. The Kier molecular flexibility index (Phi) is 9.11. The third-order valence-electron chi connectivity index (χ3n) is 2.96. The van der Waals surface area contributed by atoms with Gasteiger partial charge in [0, 0.05) is 13.2 Å². The molecule has 0 bridgehead atoms. The maximum Gasteiger partial charge on any atom is 0.104 e. The summed E-state index contributed by atoms with van der Waals surface area (Å²) in [4.78, 5) is 0. The van der Waals surface area contributed by atoms with Crippen molar-refractivity contribution in [2.24, 2.45) is 5.92 Å². The van der Waals surface area contributed by atoms with Crippen LogP contribution in [-0.2, 0) is 4.74 Å². The fourth-order valence-corrected chi connectivity index (χ4v) is 1.96. The van der Waals surface area contributed by atoms with Crippen molar-refractivity contribution in [3.8, 4) is 6.07 Å². The molecule has 0 aliphatic rings. The Morgan fingerprint density at radius 2 is 2.12 bits per heavy atom. The first kappa shape index (κ1) is 16.4. The molecule has 0 aromatic carbocycles. The zero-order valence-electron chi connectivity index (χ0n) is 11.9. The van der Waals surface area contributed by atoms with Gasteiger partial charge in [0.25, 0.3) is 0 Å². The number of ether oxygens (including phenoxy) is 1. The lowest BCUT2D eigenvalue weighted by atomic mass is 9.98. The summed E-state index contributed by atoms with van der Waals surface area (Å²) in [5.41, 5.74) is -0.396. The fourth-order valence-electron chi connectivity index (χ4n) is 1.96. The summed E-state index contributed by atoms with van der Waals surface area (Å²) in [6, 6.07) is 2.33. The Balaban J connectivity index is 3.60. The topological polar surface area (TPSA) is 45.0 Å². The molecule has 0 aromatic rings. The van der Waals surface area contributed by atoms with E-state index in [9.17, 15) is 0 Å². The van der Waals surface area contributed by atoms with Crippen LogP contribution >= 0.6 is 0 Å². The summed E-state index contributed by atoms with van der Waals surface area (Å²) >= 11 is 0. The molecule has 3 nitrogen and oxygen atoms in total. The first-order valence-corrected chi connectivity index (χ1v) is 6.82. The highest BCUT2D eigenvalue weighted by Crippen LogP contribution is 2.11. The minimum atomic E-state index is -0.396. The molecule has 100 valence electrons. The molecule has 0 rings (SSSR count). The Bertz CT molecular complexity index is 225. The molecule has 2 atom stereocenters. The van der Waals surface area contributed by atoms with E-state index in [1.165, 1.54) is 12.8 Å². The molecule has 17 heavy (non-hydrogen) atoms. The molecule has 0 heterocycles. The summed E-state index contributed by atoms with van der Waals surface area (Å²) in [6.07, 6.45) is 4.24. The Hall–Kier alpha value is -0.590. The van der Waals surface area contributed by atoms with Crippen molar-refractivity contribution in [1.82, 2.24) is 5.32 Å². The predicted molar refractivity (Wildman–Crippen MR) is 71.8 cm³/mol. The molecule has 2 unspecified atom stereocenters. The van der Waals surface area contributed by atoms with E-state index in [-0.39, 0.29) is 0 Å². The highest BCUT2D eigenvalue weighted by molar-refractivity contribution is 5.03. The van der Waals surface area contributed by atoms with E-state index in [0.29, 0.717) is 5.92 Å². The Morgan fingerprint density at radius 1 is 1.41 bits per heavy atom. The van der Waals surface area contributed by atoms with Crippen LogP contribution < -0.4 is 5.32 Å². The SMILES string of the molecule is CCCC(C)COCCCC(C)(C#N)NCC. The zero-order chi connectivity index (χ0) is 13.1. The van der Waals surface area contributed by atoms with Gasteiger partial charge in [0.1, 0.15) is 5.54 Å². The Labute approximate surface area is 107 Å². The van der Waals surface area contributed by atoms with Gasteiger partial charge in [0.2, 0.25) is 0 Å². The van der Waals surface area contributed by atoms with Crippen LogP contribution in [-0.4, -0.2) is 25.3 Å². The second-order valence-corrected chi connectivity index (χ2v) is 5.05. The maximum atomic E-state index is 9.08. The summed E-state index contributed by atoms with van der Waals surface area (Å²) < 4.78 is 5.63. The van der Waals surface area contributed by atoms with Gasteiger partial charge >= 0.3 is 0 Å². The van der Waals surface area contributed by atoms with Gasteiger partial charge in [-0.05, 0) is 38.6 Å². The average Bonchev–Trinajstić information content (AvgIpc) is 2.29. The zero-order valence-corrected chi connectivity index (χ0v) is 11.9. The molecule has 0 aliphatic heterocycles. The van der Waals surface area contributed by atoms with E-state index >= 15 is 0 Å². The first-order chi connectivity index (χ1) is 8.08. The van der Waals surface area contributed by atoms with Crippen molar-refractivity contribution in [2.75, 3.05) is 19.8 Å². The first-order valence-electron chi connectivity index (χ1n) is 6.82. The van der Waals surface area contributed by atoms with Gasteiger partial charge in [-0.15, -0.1) is 0 Å². The van der Waals surface area contributed by atoms with Crippen molar-refractivity contribution in [3.05, 3.63) is 0 Å². The van der Waals surface area contributed by atoms with Gasteiger partial charge < -0.3 is 4.74 Å². The third-order valence-corrected chi connectivity index (χ3v) is 2.96. The van der Waals surface area contributed by atoms with Crippen LogP contribution in [0.15, 0.2) is 0 Å². The largest absolute Gasteiger partial charge is 0.381 e. The minimum Gasteiger partial charge on any atom is -0.381 e. The standard InChI is InChI=1S/C14H28N2O/c1-5-8-13(3)11-17-10-7-9-14(4,12-15)16-6-2/h13,16H,5-11H2,1-4H3. The quantitative estimate of drug-likeness (QED) is 0.597. The molecule has 0 fully saturated rings. The lowest BCUT2D eigenvalue weighted by molar-refractivity contribution is 0.0957. The Morgan fingerprint density at radius 3 is 2.65 bits per heavy atom. The maximum absolute atomic E-state index is 9.08. The molecule has 0 spiro atoms. The van der Waals surface area contributed by atoms with Gasteiger partial charge in [-0.3, -0.25) is 5.32 Å². The van der Waals surface area contributed by atoms with Crippen molar-refractivity contribution in [3.63, 3.8) is 0 Å². The van der Waals surface area contributed by atoms with E-state index in [1.807, 2.05) is 13.8 Å². The van der Waals surface area contributed by atoms with Crippen molar-refractivity contribution in [1.29, 1.82) is 5.26 Å². The molecule has 0 saturated carbocycles. The lowest BCUT2D eigenvalue weighted by Gasteiger charge is -2.22. The van der Waals surface area contributed by atoms with Crippen LogP contribution in [0.1, 0.15) is 53.4 Å². The highest BCUT2D eigenvalue weighted by Gasteiger charge is 2.21. The molecule has 0 saturated heterocycles. The van der Waals surface area contributed by atoms with Gasteiger partial charge in [0.05, 0.1) is 6.07 Å². The minimum absolute atomic E-state index is 0.396. The van der Waals surface area contributed by atoms with Gasteiger partial charge in [0.15, 0.2) is 0 Å². The number of nitrogens with zero attached hydrogens (tertiary/aromatic N) is 1. The van der Waals surface area contributed by atoms with E-state index in [4.69, 9.17) is 10.00 Å². The van der Waals surface area contributed by atoms with E-state index in [0.717, 1.165) is 32.6 Å². The van der Waals surface area contributed by atoms with Crippen molar-refractivity contribution in [2.45, 2.75) is 58.9 Å². The fraction of sp³-hybridized carbons (Fsp3) is 0.929. The second kappa shape index (κ2) is 9.44. The number of hydrogen-bond donors (Lipinski definition) is 1. The van der Waals surface area contributed by atoms with Gasteiger partial charge in [-0.2, -0.15) is 5.26 Å². The second-order valence-electron chi connectivity index (χ2n) is 5.05. The van der Waals surface area contributed by atoms with Crippen LogP contribution in [0.4, 0.5) is 0 Å². The van der Waals surface area contributed by atoms with Crippen molar-refractivity contribution < 1.29 is 4.74 Å². The number of nitriles is 1. The third kappa shape index (κ3) is 8.18. The molecule has 0 amide bonds. The average molecular weight is 240 g/mol. The summed E-state index contributed by atoms with van der Waals surface area (Å²) in [7, 11) is 0. The molecule has 0 aromatic heterocycles. The van der Waals surface area contributed by atoms with Crippen LogP contribution in [0, 0.1) is 17.2 Å². The predicted octanol–water partition coefficient (Wildman–Crippen LogP) is 3.11. The van der Waals surface area contributed by atoms with Gasteiger partial charge in [-0.25, -0.2) is 0 Å². The van der Waals surface area contributed by atoms with Crippen LogP contribution in [0.2, 0.25) is 0 Å².